The lowest BCUT2D eigenvalue weighted by Crippen LogP contribution is -2.32. The number of hydrogen-bond donors (Lipinski definition) is 1. The Labute approximate surface area is 103 Å². The van der Waals surface area contributed by atoms with Gasteiger partial charge in [-0.05, 0) is 37.1 Å². The standard InChI is InChI=1S/C14H23NS/c1-12(13-7-4-2-3-5-8-13)15-11-14-9-6-10-16-14/h6,9-10,12-13,15H,2-5,7-8,11H2,1H3/t12-/m0/s1. The summed E-state index contributed by atoms with van der Waals surface area (Å²) in [6.45, 7) is 3.42. The molecule has 1 saturated carbocycles. The third-order valence-electron chi connectivity index (χ3n) is 3.79. The second-order valence-corrected chi connectivity index (χ2v) is 6.03. The second kappa shape index (κ2) is 6.41. The molecule has 0 spiro atoms. The molecule has 1 aliphatic carbocycles. The summed E-state index contributed by atoms with van der Waals surface area (Å²) in [6.07, 6.45) is 8.64. The molecule has 0 saturated heterocycles. The molecule has 2 heteroatoms. The van der Waals surface area contributed by atoms with Gasteiger partial charge in [0.05, 0.1) is 0 Å². The first-order valence-electron chi connectivity index (χ1n) is 6.62. The van der Waals surface area contributed by atoms with E-state index in [4.69, 9.17) is 0 Å². The van der Waals surface area contributed by atoms with Crippen molar-refractivity contribution in [2.45, 2.75) is 58.0 Å². The van der Waals surface area contributed by atoms with Crippen LogP contribution in [0.5, 0.6) is 0 Å². The van der Waals surface area contributed by atoms with Gasteiger partial charge in [-0.2, -0.15) is 0 Å². The highest BCUT2D eigenvalue weighted by atomic mass is 32.1. The minimum absolute atomic E-state index is 0.681. The van der Waals surface area contributed by atoms with Crippen molar-refractivity contribution < 1.29 is 0 Å². The van der Waals surface area contributed by atoms with Crippen LogP contribution in [0.2, 0.25) is 0 Å². The maximum atomic E-state index is 3.69. The van der Waals surface area contributed by atoms with Crippen molar-refractivity contribution >= 4 is 11.3 Å². The van der Waals surface area contributed by atoms with Crippen molar-refractivity contribution in [1.82, 2.24) is 5.32 Å². The Balaban J connectivity index is 1.75. The van der Waals surface area contributed by atoms with Gasteiger partial charge < -0.3 is 5.32 Å². The fraction of sp³-hybridized carbons (Fsp3) is 0.714. The lowest BCUT2D eigenvalue weighted by Gasteiger charge is -2.23. The highest BCUT2D eigenvalue weighted by Gasteiger charge is 2.18. The lowest BCUT2D eigenvalue weighted by molar-refractivity contribution is 0.337. The van der Waals surface area contributed by atoms with Gasteiger partial charge in [0.25, 0.3) is 0 Å². The average Bonchev–Trinajstić information content (AvgIpc) is 2.66. The van der Waals surface area contributed by atoms with E-state index < -0.39 is 0 Å². The van der Waals surface area contributed by atoms with Gasteiger partial charge in [-0.1, -0.05) is 31.7 Å². The van der Waals surface area contributed by atoms with Crippen LogP contribution in [0.3, 0.4) is 0 Å². The van der Waals surface area contributed by atoms with Gasteiger partial charge in [-0.3, -0.25) is 0 Å². The summed E-state index contributed by atoms with van der Waals surface area (Å²) >= 11 is 1.85. The van der Waals surface area contributed by atoms with Crippen LogP contribution in [0.25, 0.3) is 0 Å². The van der Waals surface area contributed by atoms with Crippen molar-refractivity contribution in [3.63, 3.8) is 0 Å². The maximum Gasteiger partial charge on any atom is 0.0302 e. The molecular formula is C14H23NS. The number of hydrogen-bond acceptors (Lipinski definition) is 2. The Bertz CT molecular complexity index is 273. The largest absolute Gasteiger partial charge is 0.309 e. The van der Waals surface area contributed by atoms with Crippen molar-refractivity contribution in [1.29, 1.82) is 0 Å². The highest BCUT2D eigenvalue weighted by Crippen LogP contribution is 2.25. The van der Waals surface area contributed by atoms with Crippen LogP contribution in [0.15, 0.2) is 17.5 Å². The fourth-order valence-corrected chi connectivity index (χ4v) is 3.31. The van der Waals surface area contributed by atoms with Gasteiger partial charge in [0.15, 0.2) is 0 Å². The summed E-state index contributed by atoms with van der Waals surface area (Å²) in [5, 5.41) is 5.85. The molecule has 90 valence electrons. The number of nitrogens with one attached hydrogen (secondary N) is 1. The predicted molar refractivity (Wildman–Crippen MR) is 71.8 cm³/mol. The molecule has 1 aliphatic rings. The molecule has 0 radical (unpaired) electrons. The third-order valence-corrected chi connectivity index (χ3v) is 4.66. The average molecular weight is 237 g/mol. The molecular weight excluding hydrogens is 214 g/mol. The smallest absolute Gasteiger partial charge is 0.0302 e. The molecule has 16 heavy (non-hydrogen) atoms. The normalized spacial score (nSPS) is 20.6. The summed E-state index contributed by atoms with van der Waals surface area (Å²) in [5.41, 5.74) is 0. The van der Waals surface area contributed by atoms with Crippen molar-refractivity contribution in [2.24, 2.45) is 5.92 Å². The summed E-state index contributed by atoms with van der Waals surface area (Å²) < 4.78 is 0. The second-order valence-electron chi connectivity index (χ2n) is 5.00. The van der Waals surface area contributed by atoms with Crippen LogP contribution in [0.4, 0.5) is 0 Å². The Morgan fingerprint density at radius 2 is 2.06 bits per heavy atom. The van der Waals surface area contributed by atoms with Gasteiger partial charge in [0.1, 0.15) is 0 Å². The zero-order chi connectivity index (χ0) is 11.2. The zero-order valence-corrected chi connectivity index (χ0v) is 11.1. The Kier molecular flexibility index (Phi) is 4.86. The molecule has 0 aromatic carbocycles. The molecule has 1 N–H and O–H groups in total. The van der Waals surface area contributed by atoms with E-state index in [0.29, 0.717) is 6.04 Å². The molecule has 1 aromatic rings. The van der Waals surface area contributed by atoms with Crippen LogP contribution in [-0.2, 0) is 6.54 Å². The number of rotatable bonds is 4. The predicted octanol–water partition coefficient (Wildman–Crippen LogP) is 4.20. The zero-order valence-electron chi connectivity index (χ0n) is 10.2. The molecule has 2 rings (SSSR count). The number of thiophene rings is 1. The minimum atomic E-state index is 0.681. The molecule has 0 amide bonds. The Morgan fingerprint density at radius 3 is 2.69 bits per heavy atom. The first-order chi connectivity index (χ1) is 7.86. The summed E-state index contributed by atoms with van der Waals surface area (Å²) in [6, 6.07) is 5.04. The van der Waals surface area contributed by atoms with Crippen LogP contribution in [0.1, 0.15) is 50.3 Å². The van der Waals surface area contributed by atoms with E-state index in [1.165, 1.54) is 43.4 Å². The Morgan fingerprint density at radius 1 is 1.31 bits per heavy atom. The first kappa shape index (κ1) is 12.1. The molecule has 0 aliphatic heterocycles. The molecule has 0 bridgehead atoms. The summed E-state index contributed by atoms with van der Waals surface area (Å²) in [4.78, 5) is 1.46. The first-order valence-corrected chi connectivity index (χ1v) is 7.50. The molecule has 1 fully saturated rings. The van der Waals surface area contributed by atoms with Gasteiger partial charge >= 0.3 is 0 Å². The minimum Gasteiger partial charge on any atom is -0.309 e. The van der Waals surface area contributed by atoms with E-state index in [2.05, 4.69) is 29.8 Å². The van der Waals surface area contributed by atoms with Gasteiger partial charge in [0, 0.05) is 17.5 Å². The molecule has 1 atom stereocenters. The van der Waals surface area contributed by atoms with Crippen molar-refractivity contribution in [3.8, 4) is 0 Å². The van der Waals surface area contributed by atoms with Gasteiger partial charge in [0.2, 0.25) is 0 Å². The quantitative estimate of drug-likeness (QED) is 0.774. The highest BCUT2D eigenvalue weighted by molar-refractivity contribution is 7.09. The van der Waals surface area contributed by atoms with Crippen LogP contribution in [0, 0.1) is 5.92 Å². The van der Waals surface area contributed by atoms with Gasteiger partial charge in [-0.15, -0.1) is 11.3 Å². The van der Waals surface area contributed by atoms with E-state index in [-0.39, 0.29) is 0 Å². The Hall–Kier alpha value is -0.340. The maximum absolute atomic E-state index is 3.69. The third kappa shape index (κ3) is 3.60. The SMILES string of the molecule is C[C@H](NCc1cccs1)C1CCCCCC1. The van der Waals surface area contributed by atoms with Crippen LogP contribution in [-0.4, -0.2) is 6.04 Å². The van der Waals surface area contributed by atoms with Crippen LogP contribution >= 0.6 is 11.3 Å². The van der Waals surface area contributed by atoms with Crippen molar-refractivity contribution in [3.05, 3.63) is 22.4 Å². The van der Waals surface area contributed by atoms with E-state index >= 15 is 0 Å². The van der Waals surface area contributed by atoms with Gasteiger partial charge in [-0.25, -0.2) is 0 Å². The lowest BCUT2D eigenvalue weighted by atomic mass is 9.93. The molecule has 1 aromatic heterocycles. The molecule has 0 unspecified atom stereocenters. The monoisotopic (exact) mass is 237 g/mol. The topological polar surface area (TPSA) is 12.0 Å². The molecule has 1 nitrogen and oxygen atoms in total. The van der Waals surface area contributed by atoms with Crippen LogP contribution < -0.4 is 5.32 Å². The van der Waals surface area contributed by atoms with E-state index in [9.17, 15) is 0 Å². The molecule has 1 heterocycles. The van der Waals surface area contributed by atoms with E-state index in [0.717, 1.165) is 12.5 Å². The summed E-state index contributed by atoms with van der Waals surface area (Å²) in [5.74, 6) is 0.905. The van der Waals surface area contributed by atoms with E-state index in [1.807, 2.05) is 11.3 Å². The van der Waals surface area contributed by atoms with E-state index in [1.54, 1.807) is 0 Å². The summed E-state index contributed by atoms with van der Waals surface area (Å²) in [7, 11) is 0. The van der Waals surface area contributed by atoms with Crippen molar-refractivity contribution in [2.75, 3.05) is 0 Å². The fourth-order valence-electron chi connectivity index (χ4n) is 2.65.